The molecule has 0 unspecified atom stereocenters. The molecule has 2 aromatic rings. The van der Waals surface area contributed by atoms with Crippen molar-refractivity contribution in [3.63, 3.8) is 0 Å². The molecule has 0 saturated carbocycles. The number of para-hydroxylation sites is 1. The Bertz CT molecular complexity index is 817. The van der Waals surface area contributed by atoms with Crippen molar-refractivity contribution in [2.75, 3.05) is 6.54 Å². The maximum absolute atomic E-state index is 12.4. The second-order valence-corrected chi connectivity index (χ2v) is 5.46. The molecule has 1 heterocycles. The molecule has 3 N–H and O–H groups in total. The minimum absolute atomic E-state index is 0.151. The van der Waals surface area contributed by atoms with Crippen molar-refractivity contribution >= 4 is 36.4 Å². The highest BCUT2D eigenvalue weighted by atomic mass is 16.2. The average molecular weight is 316 g/mol. The van der Waals surface area contributed by atoms with Crippen molar-refractivity contribution in [3.05, 3.63) is 66.2 Å². The molecule has 2 aromatic carbocycles. The van der Waals surface area contributed by atoms with Gasteiger partial charge in [-0.1, -0.05) is 60.6 Å². The largest absolute Gasteiger partial charge is 0.324 e. The number of carbonyl (C=O) groups excluding carboxylic acids is 1. The van der Waals surface area contributed by atoms with Crippen LogP contribution in [-0.4, -0.2) is 31.1 Å². The molecule has 0 aliphatic carbocycles. The first-order valence-electron chi connectivity index (χ1n) is 7.59. The van der Waals surface area contributed by atoms with Crippen molar-refractivity contribution in [3.8, 4) is 0 Å². The first-order chi connectivity index (χ1) is 11.6. The molecule has 5 nitrogen and oxygen atoms in total. The van der Waals surface area contributed by atoms with Crippen LogP contribution in [-0.2, 0) is 11.2 Å². The Morgan fingerprint density at radius 1 is 1.21 bits per heavy atom. The van der Waals surface area contributed by atoms with Gasteiger partial charge in [-0.05, 0) is 5.56 Å². The van der Waals surface area contributed by atoms with Gasteiger partial charge in [-0.3, -0.25) is 10.2 Å². The van der Waals surface area contributed by atoms with Gasteiger partial charge in [0.15, 0.2) is 0 Å². The van der Waals surface area contributed by atoms with E-state index < -0.39 is 0 Å². The Morgan fingerprint density at radius 3 is 2.67 bits per heavy atom. The molecule has 0 aromatic heterocycles. The first-order valence-corrected chi connectivity index (χ1v) is 7.59. The van der Waals surface area contributed by atoms with Gasteiger partial charge in [-0.25, -0.2) is 10.0 Å². The molecule has 0 saturated heterocycles. The van der Waals surface area contributed by atoms with Gasteiger partial charge in [-0.15, -0.1) is 0 Å². The summed E-state index contributed by atoms with van der Waals surface area (Å²) in [4.78, 5) is 16.8. The summed E-state index contributed by atoms with van der Waals surface area (Å²) >= 11 is 0. The number of nitrogens with one attached hydrogen (secondary N) is 1. The summed E-state index contributed by atoms with van der Waals surface area (Å²) in [5.41, 5.74) is 12.1. The lowest BCUT2D eigenvalue weighted by Crippen LogP contribution is -2.49. The highest BCUT2D eigenvalue weighted by molar-refractivity contribution is 6.36. The van der Waals surface area contributed by atoms with E-state index in [2.05, 4.69) is 17.0 Å². The van der Waals surface area contributed by atoms with E-state index in [1.54, 1.807) is 6.07 Å². The minimum Gasteiger partial charge on any atom is -0.324 e. The van der Waals surface area contributed by atoms with Crippen LogP contribution in [0.25, 0.3) is 5.70 Å². The van der Waals surface area contributed by atoms with E-state index in [0.29, 0.717) is 22.7 Å². The van der Waals surface area contributed by atoms with E-state index in [0.717, 1.165) is 11.1 Å². The molecule has 6 heteroatoms. The van der Waals surface area contributed by atoms with E-state index in [9.17, 15) is 4.79 Å². The number of hydrazine groups is 1. The van der Waals surface area contributed by atoms with Crippen molar-refractivity contribution in [1.82, 2.24) is 10.4 Å². The normalized spacial score (nSPS) is 13.3. The van der Waals surface area contributed by atoms with Gasteiger partial charge in [0.1, 0.15) is 13.7 Å². The van der Waals surface area contributed by atoms with Crippen molar-refractivity contribution < 1.29 is 4.79 Å². The smallest absolute Gasteiger partial charge is 0.243 e. The average Bonchev–Trinajstić information content (AvgIpc) is 2.58. The topological polar surface area (TPSA) is 70.7 Å². The molecule has 24 heavy (non-hydrogen) atoms. The van der Waals surface area contributed by atoms with Crippen molar-refractivity contribution in [2.24, 2.45) is 10.7 Å². The van der Waals surface area contributed by atoms with E-state index in [4.69, 9.17) is 13.6 Å². The number of nitrogens with zero attached hydrogens (tertiary/aromatic N) is 2. The Morgan fingerprint density at radius 2 is 1.96 bits per heavy atom. The number of carbonyl (C=O) groups is 1. The van der Waals surface area contributed by atoms with Crippen LogP contribution in [0.15, 0.2) is 60.1 Å². The fourth-order valence-corrected chi connectivity index (χ4v) is 2.59. The SMILES string of the molecule is [B]c1cccc2c1N=C(CN)N(NC(=O)Cc1ccccc1)C2=C. The summed E-state index contributed by atoms with van der Waals surface area (Å²) in [6.07, 6.45) is 0.256. The highest BCUT2D eigenvalue weighted by Gasteiger charge is 2.25. The number of hydrogen-bond donors (Lipinski definition) is 2. The van der Waals surface area contributed by atoms with E-state index in [-0.39, 0.29) is 18.9 Å². The Hall–Kier alpha value is -2.86. The fraction of sp³-hybridized carbons (Fsp3) is 0.111. The monoisotopic (exact) mass is 316 g/mol. The molecule has 0 bridgehead atoms. The fourth-order valence-electron chi connectivity index (χ4n) is 2.59. The van der Waals surface area contributed by atoms with Gasteiger partial charge in [0, 0.05) is 5.56 Å². The maximum Gasteiger partial charge on any atom is 0.243 e. The zero-order valence-corrected chi connectivity index (χ0v) is 13.2. The molecule has 1 aliphatic heterocycles. The summed E-state index contributed by atoms with van der Waals surface area (Å²) in [6, 6.07) is 15.0. The molecule has 0 atom stereocenters. The quantitative estimate of drug-likeness (QED) is 0.828. The summed E-state index contributed by atoms with van der Waals surface area (Å²) in [7, 11) is 5.97. The van der Waals surface area contributed by atoms with Gasteiger partial charge in [0.2, 0.25) is 5.91 Å². The third-order valence-electron chi connectivity index (χ3n) is 3.77. The van der Waals surface area contributed by atoms with Gasteiger partial charge < -0.3 is 5.73 Å². The van der Waals surface area contributed by atoms with E-state index in [1.165, 1.54) is 5.01 Å². The van der Waals surface area contributed by atoms with Crippen LogP contribution in [0.3, 0.4) is 0 Å². The third-order valence-corrected chi connectivity index (χ3v) is 3.77. The summed E-state index contributed by atoms with van der Waals surface area (Å²) in [6.45, 7) is 4.21. The zero-order chi connectivity index (χ0) is 17.1. The maximum atomic E-state index is 12.4. The van der Waals surface area contributed by atoms with Crippen molar-refractivity contribution in [1.29, 1.82) is 0 Å². The highest BCUT2D eigenvalue weighted by Crippen LogP contribution is 2.30. The second-order valence-electron chi connectivity index (χ2n) is 5.46. The van der Waals surface area contributed by atoms with Crippen LogP contribution in [0.5, 0.6) is 0 Å². The predicted molar refractivity (Wildman–Crippen MR) is 97.1 cm³/mol. The molecule has 0 spiro atoms. The first kappa shape index (κ1) is 16.0. The van der Waals surface area contributed by atoms with Gasteiger partial charge in [0.05, 0.1) is 24.4 Å². The van der Waals surface area contributed by atoms with Crippen molar-refractivity contribution in [2.45, 2.75) is 6.42 Å². The zero-order valence-electron chi connectivity index (χ0n) is 13.2. The molecule has 2 radical (unpaired) electrons. The minimum atomic E-state index is -0.171. The van der Waals surface area contributed by atoms with Gasteiger partial charge >= 0.3 is 0 Å². The number of hydrogen-bond acceptors (Lipinski definition) is 4. The predicted octanol–water partition coefficient (Wildman–Crippen LogP) is 1.03. The van der Waals surface area contributed by atoms with Crippen LogP contribution in [0, 0.1) is 0 Å². The Labute approximate surface area is 142 Å². The second kappa shape index (κ2) is 6.72. The van der Waals surface area contributed by atoms with Crippen LogP contribution in [0.4, 0.5) is 5.69 Å². The Kier molecular flexibility index (Phi) is 4.49. The third kappa shape index (κ3) is 3.09. The number of nitrogens with two attached hydrogens (primary N) is 1. The van der Waals surface area contributed by atoms with E-state index in [1.807, 2.05) is 42.5 Å². The number of amidine groups is 1. The summed E-state index contributed by atoms with van der Waals surface area (Å²) in [5, 5.41) is 1.53. The lowest BCUT2D eigenvalue weighted by atomic mass is 9.90. The standard InChI is InChI=1S/C18H17BN4O/c1-12-14-8-5-9-15(19)18(14)21-16(11-20)23(12)22-17(24)10-13-6-3-2-4-7-13/h2-9H,1,10-11,20H2,(H,22,24). The molecule has 118 valence electrons. The number of rotatable bonds is 4. The van der Waals surface area contributed by atoms with Gasteiger partial charge in [0.25, 0.3) is 0 Å². The van der Waals surface area contributed by atoms with Crippen LogP contribution >= 0.6 is 0 Å². The Balaban J connectivity index is 1.83. The molecule has 1 amide bonds. The van der Waals surface area contributed by atoms with Crippen LogP contribution in [0.2, 0.25) is 0 Å². The molecule has 1 aliphatic rings. The lowest BCUT2D eigenvalue weighted by molar-refractivity contribution is -0.122. The number of benzene rings is 2. The number of amides is 1. The lowest BCUT2D eigenvalue weighted by Gasteiger charge is -2.32. The van der Waals surface area contributed by atoms with E-state index >= 15 is 0 Å². The molecular formula is C18H17BN4O. The molecular weight excluding hydrogens is 299 g/mol. The molecule has 0 fully saturated rings. The van der Waals surface area contributed by atoms with Crippen LogP contribution < -0.4 is 16.6 Å². The van der Waals surface area contributed by atoms with Crippen LogP contribution in [0.1, 0.15) is 11.1 Å². The summed E-state index contributed by atoms with van der Waals surface area (Å²) < 4.78 is 0. The number of aliphatic imine (C=N–C) groups is 1. The number of fused-ring (bicyclic) bond motifs is 1. The van der Waals surface area contributed by atoms with Gasteiger partial charge in [-0.2, -0.15) is 0 Å². The summed E-state index contributed by atoms with van der Waals surface area (Å²) in [5.74, 6) is 0.322. The molecule has 3 rings (SSSR count).